The fourth-order valence-electron chi connectivity index (χ4n) is 3.22. The second-order valence-corrected chi connectivity index (χ2v) is 8.33. The summed E-state index contributed by atoms with van der Waals surface area (Å²) in [4.78, 5) is 24.9. The van der Waals surface area contributed by atoms with Crippen LogP contribution in [0.25, 0.3) is 5.69 Å². The zero-order valence-corrected chi connectivity index (χ0v) is 21.7. The van der Waals surface area contributed by atoms with Crippen molar-refractivity contribution in [2.75, 3.05) is 36.4 Å². The molecule has 4 N–H and O–H groups in total. The van der Waals surface area contributed by atoms with Gasteiger partial charge in [0.15, 0.2) is 0 Å². The Morgan fingerprint density at radius 2 is 1.81 bits per heavy atom. The molecule has 0 amide bonds. The highest BCUT2D eigenvalue weighted by atomic mass is 35.5. The van der Waals surface area contributed by atoms with Gasteiger partial charge in [-0.25, -0.2) is 9.37 Å². The molecular weight excluding hydrogens is 530 g/mol. The normalized spacial score (nSPS) is 12.8. The number of carbonyl (C=O) groups is 2. The van der Waals surface area contributed by atoms with E-state index in [0.29, 0.717) is 18.2 Å². The van der Waals surface area contributed by atoms with E-state index in [0.717, 1.165) is 57.8 Å². The maximum Gasteiger partial charge on any atom is 0.300 e. The summed E-state index contributed by atoms with van der Waals surface area (Å²) in [6.07, 6.45) is 2.85. The lowest BCUT2D eigenvalue weighted by Gasteiger charge is -2.23. The number of rotatable bonds is 5. The molecule has 1 fully saturated rings. The zero-order chi connectivity index (χ0) is 27.4. The Morgan fingerprint density at radius 3 is 2.51 bits per heavy atom. The lowest BCUT2D eigenvalue weighted by atomic mass is 10.2. The third-order valence-electron chi connectivity index (χ3n) is 4.66. The summed E-state index contributed by atoms with van der Waals surface area (Å²) in [5.41, 5.74) is 1.41. The number of nitrogens with one attached hydrogen (secondary N) is 2. The first-order valence-electron chi connectivity index (χ1n) is 11.1. The summed E-state index contributed by atoms with van der Waals surface area (Å²) < 4.78 is 15.0. The van der Waals surface area contributed by atoms with Gasteiger partial charge in [-0.15, -0.1) is 0 Å². The van der Waals surface area contributed by atoms with Crippen molar-refractivity contribution >= 4 is 46.9 Å². The van der Waals surface area contributed by atoms with Gasteiger partial charge in [0.25, 0.3) is 11.9 Å². The predicted octanol–water partition coefficient (Wildman–Crippen LogP) is 3.10. The quantitative estimate of drug-likeness (QED) is 0.342. The molecular formula is C22H27Cl2FN8O4. The molecule has 15 heteroatoms. The average Bonchev–Trinajstić information content (AvgIpc) is 3.13. The number of tetrazole rings is 1. The fourth-order valence-corrected chi connectivity index (χ4v) is 3.62. The van der Waals surface area contributed by atoms with E-state index >= 15 is 0 Å². The van der Waals surface area contributed by atoms with Crippen molar-refractivity contribution in [2.45, 2.75) is 26.8 Å². The van der Waals surface area contributed by atoms with Crippen molar-refractivity contribution in [3.05, 3.63) is 51.9 Å². The van der Waals surface area contributed by atoms with Crippen molar-refractivity contribution in [1.29, 1.82) is 0 Å². The highest BCUT2D eigenvalue weighted by Crippen LogP contribution is 2.31. The summed E-state index contributed by atoms with van der Waals surface area (Å²) >= 11 is 12.1. The zero-order valence-electron chi connectivity index (χ0n) is 20.2. The summed E-state index contributed by atoms with van der Waals surface area (Å²) in [5, 5.41) is 33.0. The van der Waals surface area contributed by atoms with Gasteiger partial charge < -0.3 is 25.7 Å². The minimum absolute atomic E-state index is 0.0427. The summed E-state index contributed by atoms with van der Waals surface area (Å²) in [7, 11) is 0. The number of carboxylic acids is 2. The van der Waals surface area contributed by atoms with Crippen LogP contribution in [0.1, 0.15) is 25.8 Å². The molecule has 37 heavy (non-hydrogen) atoms. The van der Waals surface area contributed by atoms with Gasteiger partial charge in [0, 0.05) is 51.8 Å². The molecule has 0 unspecified atom stereocenters. The third kappa shape index (κ3) is 9.44. The topological polar surface area (TPSA) is 158 Å². The van der Waals surface area contributed by atoms with Crippen LogP contribution in [-0.2, 0) is 16.1 Å². The molecule has 3 aromatic rings. The molecule has 3 heterocycles. The Kier molecular flexibility index (Phi) is 11.9. The van der Waals surface area contributed by atoms with Gasteiger partial charge in [-0.1, -0.05) is 34.4 Å². The first kappa shape index (κ1) is 29.7. The van der Waals surface area contributed by atoms with Crippen LogP contribution >= 0.6 is 23.2 Å². The SMILES string of the molecule is CC(=O)O.CC(=O)O.Fc1ccc(-n2nnnc2NCc2cccnc2N2CCCNCC2)c(Cl)c1Cl. The second-order valence-electron chi connectivity index (χ2n) is 7.58. The van der Waals surface area contributed by atoms with Gasteiger partial charge in [-0.2, -0.15) is 4.68 Å². The van der Waals surface area contributed by atoms with E-state index < -0.39 is 17.8 Å². The van der Waals surface area contributed by atoms with Gasteiger partial charge in [0.2, 0.25) is 5.95 Å². The summed E-state index contributed by atoms with van der Waals surface area (Å²) in [6, 6.07) is 6.62. The minimum Gasteiger partial charge on any atom is -0.481 e. The van der Waals surface area contributed by atoms with E-state index in [9.17, 15) is 4.39 Å². The maximum atomic E-state index is 13.6. The van der Waals surface area contributed by atoms with Crippen LogP contribution in [0.2, 0.25) is 10.0 Å². The number of aliphatic carboxylic acids is 2. The highest BCUT2D eigenvalue weighted by Gasteiger charge is 2.18. The molecule has 200 valence electrons. The van der Waals surface area contributed by atoms with E-state index in [1.807, 2.05) is 12.1 Å². The number of aromatic nitrogens is 5. The molecule has 0 bridgehead atoms. The Morgan fingerprint density at radius 1 is 1.11 bits per heavy atom. The van der Waals surface area contributed by atoms with Gasteiger partial charge in [0.1, 0.15) is 11.6 Å². The van der Waals surface area contributed by atoms with Crippen LogP contribution in [0.4, 0.5) is 16.2 Å². The van der Waals surface area contributed by atoms with Crippen molar-refractivity contribution in [1.82, 2.24) is 30.5 Å². The molecule has 0 aliphatic carbocycles. The first-order valence-corrected chi connectivity index (χ1v) is 11.8. The highest BCUT2D eigenvalue weighted by molar-refractivity contribution is 6.43. The van der Waals surface area contributed by atoms with E-state index in [1.165, 1.54) is 16.8 Å². The van der Waals surface area contributed by atoms with E-state index in [1.54, 1.807) is 6.20 Å². The Labute approximate surface area is 222 Å². The predicted molar refractivity (Wildman–Crippen MR) is 137 cm³/mol. The molecule has 1 saturated heterocycles. The molecule has 1 aromatic carbocycles. The molecule has 12 nitrogen and oxygen atoms in total. The van der Waals surface area contributed by atoms with Crippen LogP contribution in [-0.4, -0.2) is 73.5 Å². The molecule has 0 spiro atoms. The smallest absolute Gasteiger partial charge is 0.300 e. The number of carboxylic acid groups (broad SMARTS) is 2. The minimum atomic E-state index is -0.833. The number of anilines is 2. The van der Waals surface area contributed by atoms with Crippen LogP contribution in [0, 0.1) is 5.82 Å². The molecule has 2 aromatic heterocycles. The van der Waals surface area contributed by atoms with Crippen LogP contribution in [0.15, 0.2) is 30.5 Å². The van der Waals surface area contributed by atoms with E-state index in [-0.39, 0.29) is 10.0 Å². The fraction of sp³-hybridized carbons (Fsp3) is 0.364. The number of pyridine rings is 1. The number of hydrogen-bond donors (Lipinski definition) is 4. The molecule has 1 aliphatic heterocycles. The van der Waals surface area contributed by atoms with Crippen LogP contribution < -0.4 is 15.5 Å². The van der Waals surface area contributed by atoms with Gasteiger partial charge in [-0.05, 0) is 41.6 Å². The molecule has 0 atom stereocenters. The van der Waals surface area contributed by atoms with Gasteiger partial charge in [-0.3, -0.25) is 9.59 Å². The number of benzene rings is 1. The number of halogens is 3. The first-order chi connectivity index (χ1) is 17.6. The van der Waals surface area contributed by atoms with Crippen LogP contribution in [0.5, 0.6) is 0 Å². The Balaban J connectivity index is 0.000000530. The molecule has 4 rings (SSSR count). The molecule has 0 radical (unpaired) electrons. The lowest BCUT2D eigenvalue weighted by Crippen LogP contribution is -2.29. The largest absolute Gasteiger partial charge is 0.481 e. The van der Waals surface area contributed by atoms with Crippen molar-refractivity contribution in [3.8, 4) is 5.69 Å². The second kappa shape index (κ2) is 14.9. The molecule has 0 saturated carbocycles. The maximum absolute atomic E-state index is 13.6. The van der Waals surface area contributed by atoms with Gasteiger partial charge >= 0.3 is 0 Å². The van der Waals surface area contributed by atoms with Crippen molar-refractivity contribution < 1.29 is 24.2 Å². The number of hydrogen-bond acceptors (Lipinski definition) is 9. The standard InChI is InChI=1S/C18H19Cl2FN8.2C2H4O2/c19-15-13(21)4-5-14(16(15)20)29-18(25-26-27-29)24-11-12-3-1-7-23-17(12)28-9-2-6-22-8-10-28;2*1-2(3)4/h1,3-5,7,22H,2,6,8-11H2,(H,24,25,27);2*1H3,(H,3,4). The lowest BCUT2D eigenvalue weighted by molar-refractivity contribution is -0.135. The van der Waals surface area contributed by atoms with Crippen LogP contribution in [0.3, 0.4) is 0 Å². The van der Waals surface area contributed by atoms with E-state index in [2.05, 4.69) is 36.0 Å². The average molecular weight is 557 g/mol. The van der Waals surface area contributed by atoms with Crippen molar-refractivity contribution in [3.63, 3.8) is 0 Å². The third-order valence-corrected chi connectivity index (χ3v) is 5.51. The Bertz CT molecular complexity index is 1170. The molecule has 1 aliphatic rings. The van der Waals surface area contributed by atoms with Gasteiger partial charge in [0.05, 0.1) is 15.7 Å². The van der Waals surface area contributed by atoms with E-state index in [4.69, 9.17) is 43.0 Å². The van der Waals surface area contributed by atoms with Crippen molar-refractivity contribution in [2.24, 2.45) is 0 Å². The summed E-state index contributed by atoms with van der Waals surface area (Å²) in [5.74, 6) is -0.970. The summed E-state index contributed by atoms with van der Waals surface area (Å²) in [6.45, 7) is 6.39. The Hall–Kier alpha value is -3.55. The number of nitrogens with zero attached hydrogens (tertiary/aromatic N) is 6. The monoisotopic (exact) mass is 556 g/mol.